The minimum atomic E-state index is 0.264. The zero-order valence-electron chi connectivity index (χ0n) is 11.8. The van der Waals surface area contributed by atoms with Crippen LogP contribution in [0.25, 0.3) is 11.3 Å². The van der Waals surface area contributed by atoms with Gasteiger partial charge in [0.15, 0.2) is 0 Å². The van der Waals surface area contributed by atoms with Crippen molar-refractivity contribution in [3.63, 3.8) is 0 Å². The van der Waals surface area contributed by atoms with E-state index in [0.717, 1.165) is 47.1 Å². The number of aryl methyl sites for hydroxylation is 1. The molecule has 2 heterocycles. The first-order valence-electron chi connectivity index (χ1n) is 6.63. The maximum absolute atomic E-state index is 8.80. The van der Waals surface area contributed by atoms with Gasteiger partial charge in [-0.3, -0.25) is 0 Å². The van der Waals surface area contributed by atoms with Gasteiger partial charge in [0.2, 0.25) is 0 Å². The number of hydrogen-bond donors (Lipinski definition) is 2. The number of rotatable bonds is 7. The summed E-state index contributed by atoms with van der Waals surface area (Å²) in [7, 11) is 2.05. The van der Waals surface area contributed by atoms with E-state index in [-0.39, 0.29) is 6.61 Å². The van der Waals surface area contributed by atoms with E-state index in [1.54, 1.807) is 11.3 Å². The van der Waals surface area contributed by atoms with E-state index in [9.17, 15) is 0 Å². The predicted molar refractivity (Wildman–Crippen MR) is 86.6 cm³/mol. The summed E-state index contributed by atoms with van der Waals surface area (Å²) in [5.74, 6) is 0.553. The highest BCUT2D eigenvalue weighted by Crippen LogP contribution is 2.39. The summed E-state index contributed by atoms with van der Waals surface area (Å²) >= 11 is 3.04. The largest absolute Gasteiger partial charge is 0.396 e. The molecule has 0 amide bonds. The number of aliphatic hydroxyl groups excluding tert-OH is 1. The van der Waals surface area contributed by atoms with Gasteiger partial charge in [-0.2, -0.15) is 4.37 Å². The Hall–Kier alpha value is -1.18. The number of thiazole rings is 1. The maximum atomic E-state index is 8.80. The van der Waals surface area contributed by atoms with E-state index in [1.807, 2.05) is 12.3 Å². The number of unbranched alkanes of at least 4 members (excludes halogenated alkanes) is 2. The first kappa shape index (κ1) is 15.2. The van der Waals surface area contributed by atoms with Crippen LogP contribution in [0.3, 0.4) is 0 Å². The number of aromatic nitrogens is 2. The van der Waals surface area contributed by atoms with Gasteiger partial charge < -0.3 is 15.7 Å². The van der Waals surface area contributed by atoms with Crippen LogP contribution in [-0.2, 0) is 0 Å². The third kappa shape index (κ3) is 3.47. The first-order chi connectivity index (χ1) is 9.63. The minimum absolute atomic E-state index is 0.264. The fraction of sp³-hybridized carbons (Fsp3) is 0.538. The molecule has 0 aliphatic heterocycles. The predicted octanol–water partition coefficient (Wildman–Crippen LogP) is 2.76. The van der Waals surface area contributed by atoms with Crippen molar-refractivity contribution in [2.75, 3.05) is 30.8 Å². The maximum Gasteiger partial charge on any atom is 0.148 e. The molecular weight excluding hydrogens is 292 g/mol. The Labute approximate surface area is 127 Å². The lowest BCUT2D eigenvalue weighted by atomic mass is 10.2. The lowest BCUT2D eigenvalue weighted by Gasteiger charge is -2.18. The van der Waals surface area contributed by atoms with Gasteiger partial charge in [-0.1, -0.05) is 0 Å². The zero-order valence-corrected chi connectivity index (χ0v) is 13.4. The van der Waals surface area contributed by atoms with E-state index in [1.165, 1.54) is 11.5 Å². The van der Waals surface area contributed by atoms with E-state index in [4.69, 9.17) is 10.8 Å². The highest BCUT2D eigenvalue weighted by atomic mass is 32.1. The molecule has 3 N–H and O–H groups in total. The minimum Gasteiger partial charge on any atom is -0.396 e. The molecular formula is C13H20N4OS2. The van der Waals surface area contributed by atoms with Crippen molar-refractivity contribution in [1.29, 1.82) is 0 Å². The summed E-state index contributed by atoms with van der Waals surface area (Å²) in [6.45, 7) is 3.18. The molecule has 0 spiro atoms. The van der Waals surface area contributed by atoms with Crippen molar-refractivity contribution < 1.29 is 5.11 Å². The Balaban J connectivity index is 2.12. The standard InChI is InChI=1S/C13H20N4OS2/c1-9-15-10(8-19-9)11-12(14)16-20-13(11)17(2)6-4-3-5-7-18/h8,18H,3-7H2,1-2H3,(H2,14,16). The summed E-state index contributed by atoms with van der Waals surface area (Å²) in [6.07, 6.45) is 2.93. The number of hydrogen-bond acceptors (Lipinski definition) is 7. The van der Waals surface area contributed by atoms with Gasteiger partial charge in [0.1, 0.15) is 10.8 Å². The molecule has 0 bridgehead atoms. The molecule has 0 saturated heterocycles. The molecule has 0 atom stereocenters. The summed E-state index contributed by atoms with van der Waals surface area (Å²) in [5.41, 5.74) is 7.86. The molecule has 110 valence electrons. The fourth-order valence-electron chi connectivity index (χ4n) is 2.01. The van der Waals surface area contributed by atoms with Gasteiger partial charge in [-0.15, -0.1) is 11.3 Å². The summed E-state index contributed by atoms with van der Waals surface area (Å²) in [5, 5.41) is 12.9. The van der Waals surface area contributed by atoms with Crippen molar-refractivity contribution in [3.05, 3.63) is 10.4 Å². The Morgan fingerprint density at radius 2 is 2.15 bits per heavy atom. The van der Waals surface area contributed by atoms with E-state index < -0.39 is 0 Å². The van der Waals surface area contributed by atoms with Gasteiger partial charge in [-0.05, 0) is 37.7 Å². The van der Waals surface area contributed by atoms with E-state index in [0.29, 0.717) is 5.82 Å². The van der Waals surface area contributed by atoms with E-state index in [2.05, 4.69) is 21.3 Å². The SMILES string of the molecule is Cc1nc(-c2c(N)nsc2N(C)CCCCCO)cs1. The van der Waals surface area contributed by atoms with Crippen LogP contribution >= 0.6 is 22.9 Å². The van der Waals surface area contributed by atoms with Crippen molar-refractivity contribution in [1.82, 2.24) is 9.36 Å². The van der Waals surface area contributed by atoms with Crippen molar-refractivity contribution >= 4 is 33.7 Å². The van der Waals surface area contributed by atoms with Crippen LogP contribution in [0.15, 0.2) is 5.38 Å². The van der Waals surface area contributed by atoms with Crippen LogP contribution in [0.2, 0.25) is 0 Å². The molecule has 7 heteroatoms. The number of nitrogens with zero attached hydrogens (tertiary/aromatic N) is 3. The molecule has 0 radical (unpaired) electrons. The van der Waals surface area contributed by atoms with Crippen LogP contribution in [0.5, 0.6) is 0 Å². The average molecular weight is 312 g/mol. The van der Waals surface area contributed by atoms with Gasteiger partial charge in [0.05, 0.1) is 16.3 Å². The van der Waals surface area contributed by atoms with Crippen molar-refractivity contribution in [2.45, 2.75) is 26.2 Å². The number of anilines is 2. The van der Waals surface area contributed by atoms with Crippen LogP contribution in [0, 0.1) is 6.92 Å². The Morgan fingerprint density at radius 1 is 1.35 bits per heavy atom. The van der Waals surface area contributed by atoms with Crippen LogP contribution in [-0.4, -0.2) is 34.7 Å². The van der Waals surface area contributed by atoms with Crippen LogP contribution in [0.1, 0.15) is 24.3 Å². The number of aliphatic hydroxyl groups is 1. The highest BCUT2D eigenvalue weighted by molar-refractivity contribution is 7.11. The molecule has 0 aromatic carbocycles. The number of nitrogens with two attached hydrogens (primary N) is 1. The Bertz CT molecular complexity index is 552. The summed E-state index contributed by atoms with van der Waals surface area (Å²) in [4.78, 5) is 6.69. The smallest absolute Gasteiger partial charge is 0.148 e. The fourth-order valence-corrected chi connectivity index (χ4v) is 3.42. The molecule has 5 nitrogen and oxygen atoms in total. The third-order valence-electron chi connectivity index (χ3n) is 3.07. The normalized spacial score (nSPS) is 10.9. The van der Waals surface area contributed by atoms with Gasteiger partial charge in [0, 0.05) is 25.6 Å². The lowest BCUT2D eigenvalue weighted by Crippen LogP contribution is -2.18. The molecule has 2 aromatic heterocycles. The second-order valence-electron chi connectivity index (χ2n) is 4.71. The lowest BCUT2D eigenvalue weighted by molar-refractivity contribution is 0.283. The quantitative estimate of drug-likeness (QED) is 0.769. The molecule has 0 aliphatic rings. The Kier molecular flexibility index (Phi) is 5.33. The van der Waals surface area contributed by atoms with Gasteiger partial charge >= 0.3 is 0 Å². The van der Waals surface area contributed by atoms with Gasteiger partial charge in [-0.25, -0.2) is 4.98 Å². The van der Waals surface area contributed by atoms with Crippen molar-refractivity contribution in [3.8, 4) is 11.3 Å². The topological polar surface area (TPSA) is 75.3 Å². The molecule has 0 aliphatic carbocycles. The second-order valence-corrected chi connectivity index (χ2v) is 6.52. The molecule has 2 aromatic rings. The van der Waals surface area contributed by atoms with Gasteiger partial charge in [0.25, 0.3) is 0 Å². The third-order valence-corrected chi connectivity index (χ3v) is 4.82. The monoisotopic (exact) mass is 312 g/mol. The average Bonchev–Trinajstić information content (AvgIpc) is 3.00. The molecule has 0 unspecified atom stereocenters. The van der Waals surface area contributed by atoms with Crippen LogP contribution < -0.4 is 10.6 Å². The summed E-state index contributed by atoms with van der Waals surface area (Å²) in [6, 6.07) is 0. The molecule has 0 saturated carbocycles. The van der Waals surface area contributed by atoms with Crippen molar-refractivity contribution in [2.24, 2.45) is 0 Å². The zero-order chi connectivity index (χ0) is 14.5. The number of nitrogen functional groups attached to an aromatic ring is 1. The highest BCUT2D eigenvalue weighted by Gasteiger charge is 2.18. The molecule has 0 fully saturated rings. The van der Waals surface area contributed by atoms with Crippen LogP contribution in [0.4, 0.5) is 10.8 Å². The van der Waals surface area contributed by atoms with E-state index >= 15 is 0 Å². The molecule has 20 heavy (non-hydrogen) atoms. The summed E-state index contributed by atoms with van der Waals surface area (Å²) < 4.78 is 4.27. The second kappa shape index (κ2) is 7.01. The Morgan fingerprint density at radius 3 is 2.80 bits per heavy atom. The molecule has 2 rings (SSSR count). The first-order valence-corrected chi connectivity index (χ1v) is 8.28.